The minimum absolute atomic E-state index is 0.190. The van der Waals surface area contributed by atoms with Crippen molar-refractivity contribution in [1.29, 1.82) is 0 Å². The van der Waals surface area contributed by atoms with Crippen molar-refractivity contribution in [1.82, 2.24) is 4.98 Å². The van der Waals surface area contributed by atoms with Crippen LogP contribution in [0.5, 0.6) is 0 Å². The van der Waals surface area contributed by atoms with Crippen LogP contribution in [0.25, 0.3) is 0 Å². The van der Waals surface area contributed by atoms with Gasteiger partial charge in [-0.2, -0.15) is 0 Å². The monoisotopic (exact) mass is 241 g/mol. The minimum Gasteiger partial charge on any atom is -0.481 e. The number of nitrogens with zero attached hydrogens (tertiary/aromatic N) is 1. The van der Waals surface area contributed by atoms with Gasteiger partial charge in [0.15, 0.2) is 0 Å². The average Bonchev–Trinajstić information content (AvgIpc) is 2.29. The van der Waals surface area contributed by atoms with Crippen LogP contribution in [0, 0.1) is 11.7 Å². The second kappa shape index (κ2) is 5.23. The zero-order chi connectivity index (χ0) is 13.1. The first-order valence-electron chi connectivity index (χ1n) is 5.52. The Labute approximate surface area is 99.1 Å². The minimum atomic E-state index is -1.56. The predicted molar refractivity (Wildman–Crippen MR) is 59.8 cm³/mol. The molecule has 5 heteroatoms. The van der Waals surface area contributed by atoms with Crippen molar-refractivity contribution < 1.29 is 19.4 Å². The number of carboxylic acid groups (broad SMARTS) is 1. The van der Waals surface area contributed by atoms with Gasteiger partial charge in [0.05, 0.1) is 17.8 Å². The van der Waals surface area contributed by atoms with Crippen molar-refractivity contribution in [3.05, 3.63) is 29.8 Å². The van der Waals surface area contributed by atoms with Crippen molar-refractivity contribution >= 4 is 5.97 Å². The molecule has 1 heterocycles. The second-order valence-electron chi connectivity index (χ2n) is 3.94. The summed E-state index contributed by atoms with van der Waals surface area (Å²) in [5.74, 6) is -2.55. The maximum atomic E-state index is 12.8. The predicted octanol–water partition coefficient (Wildman–Crippen LogP) is 1.93. The van der Waals surface area contributed by atoms with Crippen LogP contribution in [0.2, 0.25) is 0 Å². The summed E-state index contributed by atoms with van der Waals surface area (Å²) in [6.45, 7) is 3.36. The lowest BCUT2D eigenvalue weighted by Crippen LogP contribution is -2.39. The molecule has 0 amide bonds. The van der Waals surface area contributed by atoms with E-state index in [0.717, 1.165) is 12.3 Å². The summed E-state index contributed by atoms with van der Waals surface area (Å²) in [5.41, 5.74) is -1.37. The molecule has 1 aromatic heterocycles. The van der Waals surface area contributed by atoms with Gasteiger partial charge >= 0.3 is 5.97 Å². The summed E-state index contributed by atoms with van der Waals surface area (Å²) < 4.78 is 12.8. The van der Waals surface area contributed by atoms with Crippen molar-refractivity contribution in [2.24, 2.45) is 5.92 Å². The maximum Gasteiger partial charge on any atom is 0.309 e. The normalized spacial score (nSPS) is 16.2. The first-order valence-corrected chi connectivity index (χ1v) is 5.52. The SMILES string of the molecule is CCC(C(=O)O)C(O)(CC)c1ccc(F)cn1. The van der Waals surface area contributed by atoms with E-state index in [1.165, 1.54) is 6.07 Å². The first kappa shape index (κ1) is 13.6. The molecule has 17 heavy (non-hydrogen) atoms. The van der Waals surface area contributed by atoms with E-state index in [2.05, 4.69) is 4.98 Å². The summed E-state index contributed by atoms with van der Waals surface area (Å²) in [5, 5.41) is 19.5. The number of aliphatic carboxylic acids is 1. The van der Waals surface area contributed by atoms with Crippen LogP contribution in [0.3, 0.4) is 0 Å². The van der Waals surface area contributed by atoms with Crippen LogP contribution >= 0.6 is 0 Å². The lowest BCUT2D eigenvalue weighted by molar-refractivity contribution is -0.154. The topological polar surface area (TPSA) is 70.4 Å². The molecule has 0 saturated heterocycles. The number of carboxylic acids is 1. The standard InChI is InChI=1S/C12H16FNO3/c1-3-9(11(15)16)12(17,4-2)10-6-5-8(13)7-14-10/h5-7,9,17H,3-4H2,1-2H3,(H,15,16). The van der Waals surface area contributed by atoms with Gasteiger partial charge in [-0.25, -0.2) is 4.39 Å². The molecular weight excluding hydrogens is 225 g/mol. The fraction of sp³-hybridized carbons (Fsp3) is 0.500. The Balaban J connectivity index is 3.18. The third kappa shape index (κ3) is 2.61. The van der Waals surface area contributed by atoms with Crippen LogP contribution in [-0.4, -0.2) is 21.2 Å². The number of aliphatic hydroxyl groups is 1. The van der Waals surface area contributed by atoms with Crippen LogP contribution in [-0.2, 0) is 10.4 Å². The van der Waals surface area contributed by atoms with Gasteiger partial charge < -0.3 is 10.2 Å². The molecule has 2 unspecified atom stereocenters. The molecule has 2 atom stereocenters. The highest BCUT2D eigenvalue weighted by molar-refractivity contribution is 5.71. The number of hydrogen-bond acceptors (Lipinski definition) is 3. The smallest absolute Gasteiger partial charge is 0.309 e. The molecule has 0 aliphatic carbocycles. The van der Waals surface area contributed by atoms with Crippen LogP contribution < -0.4 is 0 Å². The van der Waals surface area contributed by atoms with E-state index in [1.54, 1.807) is 13.8 Å². The molecule has 0 bridgehead atoms. The molecule has 2 N–H and O–H groups in total. The van der Waals surface area contributed by atoms with Gasteiger partial charge in [-0.05, 0) is 25.0 Å². The molecule has 0 radical (unpaired) electrons. The van der Waals surface area contributed by atoms with Gasteiger partial charge in [0, 0.05) is 0 Å². The lowest BCUT2D eigenvalue weighted by Gasteiger charge is -2.31. The number of aromatic nitrogens is 1. The van der Waals surface area contributed by atoms with Gasteiger partial charge in [0.2, 0.25) is 0 Å². The van der Waals surface area contributed by atoms with E-state index < -0.39 is 23.3 Å². The quantitative estimate of drug-likeness (QED) is 0.826. The average molecular weight is 241 g/mol. The number of hydrogen-bond donors (Lipinski definition) is 2. The zero-order valence-corrected chi connectivity index (χ0v) is 9.85. The van der Waals surface area contributed by atoms with Crippen molar-refractivity contribution in [2.45, 2.75) is 32.3 Å². The Morgan fingerprint density at radius 1 is 1.53 bits per heavy atom. The van der Waals surface area contributed by atoms with Crippen molar-refractivity contribution in [2.75, 3.05) is 0 Å². The highest BCUT2D eigenvalue weighted by Crippen LogP contribution is 2.34. The molecule has 0 aliphatic heterocycles. The summed E-state index contributed by atoms with van der Waals surface area (Å²) in [6.07, 6.45) is 1.46. The van der Waals surface area contributed by atoms with Gasteiger partial charge in [0.1, 0.15) is 11.4 Å². The third-order valence-electron chi connectivity index (χ3n) is 2.99. The Bertz CT molecular complexity index is 393. The van der Waals surface area contributed by atoms with Crippen LogP contribution in [0.15, 0.2) is 18.3 Å². The molecule has 0 fully saturated rings. The molecule has 1 rings (SSSR count). The van der Waals surface area contributed by atoms with Crippen molar-refractivity contribution in [3.8, 4) is 0 Å². The molecule has 0 spiro atoms. The molecule has 0 aromatic carbocycles. The van der Waals surface area contributed by atoms with Gasteiger partial charge in [-0.3, -0.25) is 9.78 Å². The Morgan fingerprint density at radius 3 is 2.53 bits per heavy atom. The zero-order valence-electron chi connectivity index (χ0n) is 9.85. The molecule has 4 nitrogen and oxygen atoms in total. The lowest BCUT2D eigenvalue weighted by atomic mass is 9.80. The number of pyridine rings is 1. The Kier molecular flexibility index (Phi) is 4.17. The summed E-state index contributed by atoms with van der Waals surface area (Å²) >= 11 is 0. The summed E-state index contributed by atoms with van der Waals surface area (Å²) in [4.78, 5) is 14.9. The highest BCUT2D eigenvalue weighted by Gasteiger charge is 2.41. The highest BCUT2D eigenvalue weighted by atomic mass is 19.1. The molecule has 0 aliphatic rings. The second-order valence-corrected chi connectivity index (χ2v) is 3.94. The van der Waals surface area contributed by atoms with E-state index in [9.17, 15) is 14.3 Å². The summed E-state index contributed by atoms with van der Waals surface area (Å²) in [7, 11) is 0. The maximum absolute atomic E-state index is 12.8. The van der Waals surface area contributed by atoms with E-state index in [4.69, 9.17) is 5.11 Å². The van der Waals surface area contributed by atoms with Crippen LogP contribution in [0.4, 0.5) is 4.39 Å². The molecule has 0 saturated carbocycles. The molecule has 1 aromatic rings. The van der Waals surface area contributed by atoms with E-state index in [0.29, 0.717) is 0 Å². The van der Waals surface area contributed by atoms with E-state index in [-0.39, 0.29) is 18.5 Å². The summed E-state index contributed by atoms with van der Waals surface area (Å²) in [6, 6.07) is 2.49. The Hall–Kier alpha value is -1.49. The van der Waals surface area contributed by atoms with Crippen LogP contribution in [0.1, 0.15) is 32.4 Å². The fourth-order valence-electron chi connectivity index (χ4n) is 1.95. The molecular formula is C12H16FNO3. The van der Waals surface area contributed by atoms with Gasteiger partial charge in [-0.15, -0.1) is 0 Å². The van der Waals surface area contributed by atoms with Gasteiger partial charge in [0.25, 0.3) is 0 Å². The van der Waals surface area contributed by atoms with E-state index in [1.807, 2.05) is 0 Å². The van der Waals surface area contributed by atoms with Crippen molar-refractivity contribution in [3.63, 3.8) is 0 Å². The number of halogens is 1. The van der Waals surface area contributed by atoms with E-state index >= 15 is 0 Å². The number of carbonyl (C=O) groups is 1. The first-order chi connectivity index (χ1) is 7.95. The largest absolute Gasteiger partial charge is 0.481 e. The third-order valence-corrected chi connectivity index (χ3v) is 2.99. The molecule has 94 valence electrons. The van der Waals surface area contributed by atoms with Gasteiger partial charge in [-0.1, -0.05) is 13.8 Å². The Morgan fingerprint density at radius 2 is 2.18 bits per heavy atom. The number of rotatable bonds is 5. The fourth-order valence-corrected chi connectivity index (χ4v) is 1.95.